The van der Waals surface area contributed by atoms with Gasteiger partial charge in [0, 0.05) is 43.7 Å². The van der Waals surface area contributed by atoms with E-state index >= 15 is 0 Å². The summed E-state index contributed by atoms with van der Waals surface area (Å²) in [5, 5.41) is 7.78. The van der Waals surface area contributed by atoms with Gasteiger partial charge in [-0.25, -0.2) is 4.79 Å². The van der Waals surface area contributed by atoms with E-state index in [1.54, 1.807) is 10.9 Å². The number of hydrogen-bond donors (Lipinski definition) is 1. The van der Waals surface area contributed by atoms with Crippen LogP contribution in [-0.2, 0) is 13.6 Å². The summed E-state index contributed by atoms with van der Waals surface area (Å²) in [7, 11) is 3.78. The fourth-order valence-corrected chi connectivity index (χ4v) is 3.82. The molecule has 2 rings (SSSR count). The van der Waals surface area contributed by atoms with E-state index in [2.05, 4.69) is 17.3 Å². The van der Waals surface area contributed by atoms with Crippen molar-refractivity contribution in [3.05, 3.63) is 18.0 Å². The maximum absolute atomic E-state index is 12.2. The molecule has 0 spiro atoms. The first-order chi connectivity index (χ1) is 9.60. The Morgan fingerprint density at radius 2 is 2.40 bits per heavy atom. The molecule has 0 saturated heterocycles. The average molecular weight is 296 g/mol. The number of nitrogens with zero attached hydrogens (tertiary/aromatic N) is 3. The van der Waals surface area contributed by atoms with Crippen molar-refractivity contribution in [2.24, 2.45) is 7.05 Å². The van der Waals surface area contributed by atoms with Crippen LogP contribution in [0.25, 0.3) is 0 Å². The molecule has 0 radical (unpaired) electrons. The van der Waals surface area contributed by atoms with Gasteiger partial charge in [-0.05, 0) is 25.0 Å². The Morgan fingerprint density at radius 3 is 3.05 bits per heavy atom. The predicted molar refractivity (Wildman–Crippen MR) is 82.8 cm³/mol. The minimum absolute atomic E-state index is 0.0148. The van der Waals surface area contributed by atoms with E-state index in [1.165, 1.54) is 6.42 Å². The van der Waals surface area contributed by atoms with Gasteiger partial charge in [0.25, 0.3) is 0 Å². The molecule has 1 aromatic rings. The number of rotatable bonds is 5. The highest BCUT2D eigenvalue weighted by atomic mass is 32.2. The summed E-state index contributed by atoms with van der Waals surface area (Å²) < 4.78 is 1.74. The minimum atomic E-state index is 0.0148. The van der Waals surface area contributed by atoms with Gasteiger partial charge in [0.1, 0.15) is 0 Å². The van der Waals surface area contributed by atoms with Crippen LogP contribution in [0.1, 0.15) is 31.7 Å². The number of aromatic nitrogens is 2. The summed E-state index contributed by atoms with van der Waals surface area (Å²) in [6.07, 6.45) is 7.17. The van der Waals surface area contributed by atoms with Crippen LogP contribution in [0.5, 0.6) is 0 Å². The van der Waals surface area contributed by atoms with E-state index in [0.29, 0.717) is 12.6 Å². The van der Waals surface area contributed by atoms with Gasteiger partial charge in [0.05, 0.1) is 6.20 Å². The van der Waals surface area contributed by atoms with Crippen molar-refractivity contribution in [3.63, 3.8) is 0 Å². The lowest BCUT2D eigenvalue weighted by molar-refractivity contribution is 0.190. The Morgan fingerprint density at radius 1 is 1.60 bits per heavy atom. The molecule has 1 fully saturated rings. The largest absolute Gasteiger partial charge is 0.334 e. The molecule has 5 nitrogen and oxygen atoms in total. The van der Waals surface area contributed by atoms with Crippen LogP contribution in [0, 0.1) is 0 Å². The van der Waals surface area contributed by atoms with Crippen LogP contribution in [0.4, 0.5) is 4.79 Å². The van der Waals surface area contributed by atoms with Crippen LogP contribution in [0.2, 0.25) is 0 Å². The van der Waals surface area contributed by atoms with E-state index in [9.17, 15) is 4.79 Å². The van der Waals surface area contributed by atoms with Gasteiger partial charge in [-0.1, -0.05) is 6.92 Å². The molecule has 1 aromatic heterocycles. The summed E-state index contributed by atoms with van der Waals surface area (Å²) in [5.41, 5.74) is 1.03. The third kappa shape index (κ3) is 3.91. The van der Waals surface area contributed by atoms with Crippen LogP contribution < -0.4 is 5.32 Å². The zero-order chi connectivity index (χ0) is 14.5. The summed E-state index contributed by atoms with van der Waals surface area (Å²) >= 11 is 2.02. The molecule has 1 aliphatic carbocycles. The molecule has 1 aliphatic rings. The van der Waals surface area contributed by atoms with Crippen molar-refractivity contribution in [2.75, 3.05) is 12.8 Å². The monoisotopic (exact) mass is 296 g/mol. The molecule has 6 heteroatoms. The third-order valence-electron chi connectivity index (χ3n) is 3.83. The number of hydrogen-bond acceptors (Lipinski definition) is 3. The number of carbonyl (C=O) groups is 1. The second kappa shape index (κ2) is 7.02. The summed E-state index contributed by atoms with van der Waals surface area (Å²) in [5.74, 6) is 1.16. The number of aryl methyl sites for hydroxylation is 1. The van der Waals surface area contributed by atoms with E-state index < -0.39 is 0 Å². The van der Waals surface area contributed by atoms with Crippen molar-refractivity contribution in [1.29, 1.82) is 0 Å². The van der Waals surface area contributed by atoms with Gasteiger partial charge in [0.2, 0.25) is 0 Å². The third-order valence-corrected chi connectivity index (χ3v) is 5.06. The van der Waals surface area contributed by atoms with E-state index in [-0.39, 0.29) is 6.03 Å². The smallest absolute Gasteiger partial charge is 0.317 e. The lowest BCUT2D eigenvalue weighted by Crippen LogP contribution is -2.42. The normalized spacial score (nSPS) is 21.9. The highest BCUT2D eigenvalue weighted by molar-refractivity contribution is 7.99. The molecule has 20 heavy (non-hydrogen) atoms. The van der Waals surface area contributed by atoms with Crippen molar-refractivity contribution in [2.45, 2.75) is 44.0 Å². The zero-order valence-electron chi connectivity index (χ0n) is 12.5. The second-order valence-electron chi connectivity index (χ2n) is 5.34. The van der Waals surface area contributed by atoms with E-state index in [0.717, 1.165) is 29.4 Å². The van der Waals surface area contributed by atoms with Gasteiger partial charge < -0.3 is 10.2 Å². The highest BCUT2D eigenvalue weighted by Gasteiger charge is 2.29. The van der Waals surface area contributed by atoms with Gasteiger partial charge in [0.15, 0.2) is 0 Å². The molecule has 0 aromatic carbocycles. The Bertz CT molecular complexity index is 448. The topological polar surface area (TPSA) is 50.2 Å². The Hall–Kier alpha value is -1.17. The highest BCUT2D eigenvalue weighted by Crippen LogP contribution is 2.32. The number of carbonyl (C=O) groups excluding carboxylic acids is 1. The number of thioether (sulfide) groups is 1. The molecular weight excluding hydrogens is 272 g/mol. The summed E-state index contributed by atoms with van der Waals surface area (Å²) in [6.45, 7) is 2.74. The average Bonchev–Trinajstić information content (AvgIpc) is 3.05. The molecule has 1 N–H and O–H groups in total. The molecular formula is C14H24N4OS. The van der Waals surface area contributed by atoms with Crippen molar-refractivity contribution in [1.82, 2.24) is 20.0 Å². The summed E-state index contributed by atoms with van der Waals surface area (Å²) in [6, 6.07) is 0.397. The lowest BCUT2D eigenvalue weighted by Gasteiger charge is -2.24. The standard InChI is InChI=1S/C14H24N4OS/c1-4-20-13-6-5-12(7-13)18(3)14(19)15-8-11-9-16-17(2)10-11/h9-10,12-13H,4-8H2,1-3H3,(H,15,19)/t12-,13+/m0/s1. The van der Waals surface area contributed by atoms with Crippen molar-refractivity contribution >= 4 is 17.8 Å². The Kier molecular flexibility index (Phi) is 5.34. The van der Waals surface area contributed by atoms with Crippen molar-refractivity contribution < 1.29 is 4.79 Å². The maximum Gasteiger partial charge on any atom is 0.317 e. The molecule has 2 atom stereocenters. The lowest BCUT2D eigenvalue weighted by atomic mass is 10.2. The Balaban J connectivity index is 1.77. The second-order valence-corrected chi connectivity index (χ2v) is 6.91. The van der Waals surface area contributed by atoms with E-state index in [4.69, 9.17) is 0 Å². The molecule has 0 aliphatic heterocycles. The first kappa shape index (κ1) is 15.2. The summed E-state index contributed by atoms with van der Waals surface area (Å²) in [4.78, 5) is 14.0. The van der Waals surface area contributed by atoms with E-state index in [1.807, 2.05) is 37.0 Å². The molecule has 1 saturated carbocycles. The number of urea groups is 1. The van der Waals surface area contributed by atoms with Gasteiger partial charge in [-0.3, -0.25) is 4.68 Å². The molecule has 2 amide bonds. The number of amides is 2. The van der Waals surface area contributed by atoms with Crippen LogP contribution in [0.15, 0.2) is 12.4 Å². The molecule has 112 valence electrons. The molecule has 0 unspecified atom stereocenters. The van der Waals surface area contributed by atoms with Gasteiger partial charge in [-0.15, -0.1) is 0 Å². The predicted octanol–water partition coefficient (Wildman–Crippen LogP) is 2.24. The zero-order valence-corrected chi connectivity index (χ0v) is 13.3. The quantitative estimate of drug-likeness (QED) is 0.906. The fourth-order valence-electron chi connectivity index (χ4n) is 2.69. The first-order valence-electron chi connectivity index (χ1n) is 7.20. The molecule has 1 heterocycles. The van der Waals surface area contributed by atoms with Gasteiger partial charge >= 0.3 is 6.03 Å². The van der Waals surface area contributed by atoms with Crippen LogP contribution in [-0.4, -0.2) is 44.8 Å². The molecule has 0 bridgehead atoms. The van der Waals surface area contributed by atoms with Gasteiger partial charge in [-0.2, -0.15) is 16.9 Å². The minimum Gasteiger partial charge on any atom is -0.334 e. The number of nitrogens with one attached hydrogen (secondary N) is 1. The fraction of sp³-hybridized carbons (Fsp3) is 0.714. The van der Waals surface area contributed by atoms with Crippen molar-refractivity contribution in [3.8, 4) is 0 Å². The first-order valence-corrected chi connectivity index (χ1v) is 8.24. The maximum atomic E-state index is 12.2. The van der Waals surface area contributed by atoms with Crippen LogP contribution in [0.3, 0.4) is 0 Å². The SMILES string of the molecule is CCS[C@@H]1CC[C@H](N(C)C(=O)NCc2cnn(C)c2)C1. The van der Waals surface area contributed by atoms with Crippen LogP contribution >= 0.6 is 11.8 Å². The Labute approximate surface area is 125 Å².